The Morgan fingerprint density at radius 3 is 2.31 bits per heavy atom. The first-order valence-electron chi connectivity index (χ1n) is 4.35. The molecule has 0 radical (unpaired) electrons. The SMILES string of the molecule is O=C1C2CCC(O2)C(=O)N1CCO. The predicted octanol–water partition coefficient (Wildman–Crippen LogP) is -1.10. The number of fused-ring (bicyclic) bond motifs is 2. The van der Waals surface area contributed by atoms with Crippen molar-refractivity contribution in [1.82, 2.24) is 4.90 Å². The third-order valence-corrected chi connectivity index (χ3v) is 2.43. The molecule has 5 nitrogen and oxygen atoms in total. The van der Waals surface area contributed by atoms with Crippen LogP contribution in [-0.4, -0.2) is 47.2 Å². The molecular weight excluding hydrogens is 174 g/mol. The molecule has 0 saturated carbocycles. The maximum atomic E-state index is 11.5. The van der Waals surface area contributed by atoms with Crippen molar-refractivity contribution in [2.75, 3.05) is 13.2 Å². The number of amides is 2. The summed E-state index contributed by atoms with van der Waals surface area (Å²) < 4.78 is 5.18. The first-order valence-corrected chi connectivity index (χ1v) is 4.35. The van der Waals surface area contributed by atoms with Crippen LogP contribution < -0.4 is 0 Å². The molecule has 13 heavy (non-hydrogen) atoms. The Morgan fingerprint density at radius 2 is 1.85 bits per heavy atom. The lowest BCUT2D eigenvalue weighted by atomic mass is 10.2. The molecule has 2 rings (SSSR count). The number of aliphatic hydroxyl groups excluding tert-OH is 1. The molecule has 2 bridgehead atoms. The van der Waals surface area contributed by atoms with Crippen LogP contribution in [0.5, 0.6) is 0 Å². The van der Waals surface area contributed by atoms with Gasteiger partial charge in [-0.1, -0.05) is 0 Å². The number of imide groups is 1. The lowest BCUT2D eigenvalue weighted by Crippen LogP contribution is -2.52. The van der Waals surface area contributed by atoms with Crippen LogP contribution >= 0.6 is 0 Å². The highest BCUT2D eigenvalue weighted by Crippen LogP contribution is 2.27. The van der Waals surface area contributed by atoms with Gasteiger partial charge < -0.3 is 9.84 Å². The van der Waals surface area contributed by atoms with Crippen LogP contribution in [0.25, 0.3) is 0 Å². The van der Waals surface area contributed by atoms with E-state index in [1.165, 1.54) is 0 Å². The van der Waals surface area contributed by atoms with Crippen molar-refractivity contribution < 1.29 is 19.4 Å². The molecule has 2 aliphatic rings. The number of rotatable bonds is 2. The average Bonchev–Trinajstić information content (AvgIpc) is 2.56. The van der Waals surface area contributed by atoms with Crippen molar-refractivity contribution in [2.24, 2.45) is 0 Å². The number of aliphatic hydroxyl groups is 1. The predicted molar refractivity (Wildman–Crippen MR) is 41.7 cm³/mol. The summed E-state index contributed by atoms with van der Waals surface area (Å²) in [6.45, 7) is -0.0923. The Labute approximate surface area is 75.3 Å². The van der Waals surface area contributed by atoms with E-state index in [1.54, 1.807) is 0 Å². The second-order valence-electron chi connectivity index (χ2n) is 3.24. The van der Waals surface area contributed by atoms with Gasteiger partial charge in [0.1, 0.15) is 12.2 Å². The van der Waals surface area contributed by atoms with Gasteiger partial charge >= 0.3 is 0 Å². The van der Waals surface area contributed by atoms with Crippen LogP contribution in [0.4, 0.5) is 0 Å². The molecular formula is C8H11NO4. The summed E-state index contributed by atoms with van der Waals surface area (Å²) in [5.74, 6) is -0.597. The molecule has 1 N–H and O–H groups in total. The third-order valence-electron chi connectivity index (χ3n) is 2.43. The van der Waals surface area contributed by atoms with Crippen LogP contribution in [0.1, 0.15) is 12.8 Å². The summed E-state index contributed by atoms with van der Waals surface area (Å²) in [6.07, 6.45) is 0.345. The minimum absolute atomic E-state index is 0.0913. The first kappa shape index (κ1) is 8.65. The summed E-state index contributed by atoms with van der Waals surface area (Å²) in [5.41, 5.74) is 0. The highest BCUT2D eigenvalue weighted by atomic mass is 16.5. The van der Waals surface area contributed by atoms with Crippen molar-refractivity contribution in [1.29, 1.82) is 0 Å². The van der Waals surface area contributed by atoms with Crippen LogP contribution in [0.3, 0.4) is 0 Å². The topological polar surface area (TPSA) is 66.8 Å². The zero-order valence-corrected chi connectivity index (χ0v) is 7.10. The molecule has 2 fully saturated rings. The van der Waals surface area contributed by atoms with E-state index in [2.05, 4.69) is 0 Å². The van der Waals surface area contributed by atoms with Gasteiger partial charge in [0.05, 0.1) is 13.2 Å². The molecule has 72 valence electrons. The first-order chi connectivity index (χ1) is 6.24. The molecule has 2 saturated heterocycles. The lowest BCUT2D eigenvalue weighted by Gasteiger charge is -2.29. The second kappa shape index (κ2) is 3.08. The van der Waals surface area contributed by atoms with Gasteiger partial charge in [0.2, 0.25) is 0 Å². The molecule has 2 atom stereocenters. The molecule has 2 unspecified atom stereocenters. The number of morpholine rings is 1. The number of carbonyl (C=O) groups excluding carboxylic acids is 2. The molecule has 0 spiro atoms. The minimum Gasteiger partial charge on any atom is -0.395 e. The summed E-state index contributed by atoms with van der Waals surface area (Å²) in [5, 5.41) is 8.66. The zero-order valence-electron chi connectivity index (χ0n) is 7.10. The molecule has 2 aliphatic heterocycles. The van der Waals surface area contributed by atoms with Crippen molar-refractivity contribution >= 4 is 11.8 Å². The van der Waals surface area contributed by atoms with Gasteiger partial charge in [0.25, 0.3) is 11.8 Å². The molecule has 0 aromatic rings. The van der Waals surface area contributed by atoms with E-state index < -0.39 is 12.2 Å². The fourth-order valence-corrected chi connectivity index (χ4v) is 1.78. The van der Waals surface area contributed by atoms with Gasteiger partial charge in [0, 0.05) is 0 Å². The van der Waals surface area contributed by atoms with Gasteiger partial charge in [-0.25, -0.2) is 0 Å². The molecule has 0 aromatic carbocycles. The number of ether oxygens (including phenoxy) is 1. The van der Waals surface area contributed by atoms with Crippen LogP contribution in [-0.2, 0) is 14.3 Å². The van der Waals surface area contributed by atoms with Gasteiger partial charge in [0.15, 0.2) is 0 Å². The van der Waals surface area contributed by atoms with Gasteiger partial charge in [-0.2, -0.15) is 0 Å². The quantitative estimate of drug-likeness (QED) is 0.554. The Kier molecular flexibility index (Phi) is 2.05. The van der Waals surface area contributed by atoms with Gasteiger partial charge in [-0.3, -0.25) is 14.5 Å². The molecule has 0 aliphatic carbocycles. The minimum atomic E-state index is -0.450. The molecule has 0 aromatic heterocycles. The van der Waals surface area contributed by atoms with Gasteiger partial charge in [-0.05, 0) is 12.8 Å². The van der Waals surface area contributed by atoms with Crippen molar-refractivity contribution in [2.45, 2.75) is 25.0 Å². The number of likely N-dealkylation sites (tertiary alicyclic amines) is 1. The van der Waals surface area contributed by atoms with E-state index >= 15 is 0 Å². The maximum absolute atomic E-state index is 11.5. The standard InChI is InChI=1S/C8H11NO4/c10-4-3-9-7(11)5-1-2-6(13-5)8(9)12/h5-6,10H,1-4H2. The Bertz CT molecular complexity index is 231. The summed E-state index contributed by atoms with van der Waals surface area (Å²) in [7, 11) is 0. The highest BCUT2D eigenvalue weighted by Gasteiger charge is 2.45. The van der Waals surface area contributed by atoms with E-state index in [0.717, 1.165) is 4.90 Å². The normalized spacial score (nSPS) is 32.8. The maximum Gasteiger partial charge on any atom is 0.258 e. The number of hydrogen-bond donors (Lipinski definition) is 1. The number of carbonyl (C=O) groups is 2. The summed E-state index contributed by atoms with van der Waals surface area (Å²) in [6, 6.07) is 0. The summed E-state index contributed by atoms with van der Waals surface area (Å²) >= 11 is 0. The lowest BCUT2D eigenvalue weighted by molar-refractivity contribution is -0.168. The highest BCUT2D eigenvalue weighted by molar-refractivity contribution is 6.02. The van der Waals surface area contributed by atoms with Crippen LogP contribution in [0, 0.1) is 0 Å². The molecule has 5 heteroatoms. The zero-order chi connectivity index (χ0) is 9.42. The van der Waals surface area contributed by atoms with Gasteiger partial charge in [-0.15, -0.1) is 0 Å². The summed E-state index contributed by atoms with van der Waals surface area (Å²) in [4.78, 5) is 24.0. The van der Waals surface area contributed by atoms with E-state index in [1.807, 2.05) is 0 Å². The Morgan fingerprint density at radius 1 is 1.31 bits per heavy atom. The monoisotopic (exact) mass is 185 g/mol. The number of β-amino-alcohol motifs (C(OH)–C–C–N with tert-alkyl or cyclic N) is 1. The Balaban J connectivity index is 2.17. The molecule has 2 amide bonds. The molecule has 2 heterocycles. The second-order valence-corrected chi connectivity index (χ2v) is 3.24. The van der Waals surface area contributed by atoms with Crippen LogP contribution in [0.15, 0.2) is 0 Å². The van der Waals surface area contributed by atoms with Crippen molar-refractivity contribution in [3.05, 3.63) is 0 Å². The van der Waals surface area contributed by atoms with Crippen LogP contribution in [0.2, 0.25) is 0 Å². The van der Waals surface area contributed by atoms with E-state index in [9.17, 15) is 9.59 Å². The van der Waals surface area contributed by atoms with E-state index in [-0.39, 0.29) is 25.0 Å². The average molecular weight is 185 g/mol. The smallest absolute Gasteiger partial charge is 0.258 e. The fraction of sp³-hybridized carbons (Fsp3) is 0.750. The van der Waals surface area contributed by atoms with E-state index in [4.69, 9.17) is 9.84 Å². The number of hydrogen-bond acceptors (Lipinski definition) is 4. The van der Waals surface area contributed by atoms with Crippen molar-refractivity contribution in [3.8, 4) is 0 Å². The van der Waals surface area contributed by atoms with Crippen molar-refractivity contribution in [3.63, 3.8) is 0 Å². The van der Waals surface area contributed by atoms with E-state index in [0.29, 0.717) is 12.8 Å². The third kappa shape index (κ3) is 1.24. The fourth-order valence-electron chi connectivity index (χ4n) is 1.78. The Hall–Kier alpha value is -0.940. The number of nitrogens with zero attached hydrogens (tertiary/aromatic N) is 1. The largest absolute Gasteiger partial charge is 0.395 e.